The number of rotatable bonds is 8. The quantitative estimate of drug-likeness (QED) is 0.740. The SMILES string of the molecule is COc1ccc(C(N)CCOCC(F)F)c(OC)c1. The van der Waals surface area contributed by atoms with Crippen LogP contribution in [0.25, 0.3) is 0 Å². The molecule has 1 aromatic rings. The lowest BCUT2D eigenvalue weighted by Crippen LogP contribution is -2.15. The van der Waals surface area contributed by atoms with Gasteiger partial charge in [0.25, 0.3) is 6.43 Å². The highest BCUT2D eigenvalue weighted by molar-refractivity contribution is 5.42. The van der Waals surface area contributed by atoms with E-state index in [1.165, 1.54) is 7.11 Å². The highest BCUT2D eigenvalue weighted by Crippen LogP contribution is 2.29. The smallest absolute Gasteiger partial charge is 0.261 e. The number of hydrogen-bond acceptors (Lipinski definition) is 4. The van der Waals surface area contributed by atoms with Crippen molar-refractivity contribution in [2.45, 2.75) is 18.9 Å². The molecule has 108 valence electrons. The van der Waals surface area contributed by atoms with E-state index in [9.17, 15) is 8.78 Å². The molecule has 2 N–H and O–H groups in total. The lowest BCUT2D eigenvalue weighted by atomic mass is 10.0. The molecule has 1 atom stereocenters. The highest BCUT2D eigenvalue weighted by Gasteiger charge is 2.13. The van der Waals surface area contributed by atoms with Crippen LogP contribution < -0.4 is 15.2 Å². The van der Waals surface area contributed by atoms with E-state index >= 15 is 0 Å². The van der Waals surface area contributed by atoms with Crippen molar-refractivity contribution in [1.82, 2.24) is 0 Å². The van der Waals surface area contributed by atoms with E-state index in [1.54, 1.807) is 25.3 Å². The van der Waals surface area contributed by atoms with Crippen molar-refractivity contribution in [3.8, 4) is 11.5 Å². The molecular weight excluding hydrogens is 256 g/mol. The third-order valence-electron chi connectivity index (χ3n) is 2.66. The monoisotopic (exact) mass is 275 g/mol. The number of methoxy groups -OCH3 is 2. The third-order valence-corrected chi connectivity index (χ3v) is 2.66. The fraction of sp³-hybridized carbons (Fsp3) is 0.538. The zero-order valence-electron chi connectivity index (χ0n) is 11.1. The second kappa shape index (κ2) is 7.91. The van der Waals surface area contributed by atoms with E-state index in [4.69, 9.17) is 19.9 Å². The highest BCUT2D eigenvalue weighted by atomic mass is 19.3. The fourth-order valence-corrected chi connectivity index (χ4v) is 1.66. The van der Waals surface area contributed by atoms with Crippen LogP contribution in [-0.2, 0) is 4.74 Å². The van der Waals surface area contributed by atoms with Crippen LogP contribution in [0, 0.1) is 0 Å². The molecule has 0 saturated carbocycles. The fourth-order valence-electron chi connectivity index (χ4n) is 1.66. The largest absolute Gasteiger partial charge is 0.497 e. The Bertz CT molecular complexity index is 388. The molecule has 4 nitrogen and oxygen atoms in total. The number of ether oxygens (including phenoxy) is 3. The summed E-state index contributed by atoms with van der Waals surface area (Å²) in [5, 5.41) is 0. The average Bonchev–Trinajstić information content (AvgIpc) is 2.42. The molecule has 0 aromatic heterocycles. The average molecular weight is 275 g/mol. The van der Waals surface area contributed by atoms with Gasteiger partial charge in [-0.15, -0.1) is 0 Å². The molecular formula is C13H19F2NO3. The predicted molar refractivity (Wildman–Crippen MR) is 67.9 cm³/mol. The van der Waals surface area contributed by atoms with Gasteiger partial charge in [-0.3, -0.25) is 0 Å². The number of benzene rings is 1. The van der Waals surface area contributed by atoms with Gasteiger partial charge in [0.1, 0.15) is 18.1 Å². The lowest BCUT2D eigenvalue weighted by molar-refractivity contribution is 0.0152. The second-order valence-corrected chi connectivity index (χ2v) is 3.97. The van der Waals surface area contributed by atoms with Crippen molar-refractivity contribution < 1.29 is 23.0 Å². The molecule has 1 rings (SSSR count). The van der Waals surface area contributed by atoms with Crippen LogP contribution in [-0.4, -0.2) is 33.9 Å². The zero-order chi connectivity index (χ0) is 14.3. The predicted octanol–water partition coefficient (Wildman–Crippen LogP) is 2.38. The van der Waals surface area contributed by atoms with Gasteiger partial charge in [-0.25, -0.2) is 8.78 Å². The summed E-state index contributed by atoms with van der Waals surface area (Å²) in [4.78, 5) is 0. The molecule has 6 heteroatoms. The summed E-state index contributed by atoms with van der Waals surface area (Å²) in [6.45, 7) is -0.382. The molecule has 1 aromatic carbocycles. The maximum Gasteiger partial charge on any atom is 0.261 e. The van der Waals surface area contributed by atoms with Crippen LogP contribution in [0.5, 0.6) is 11.5 Å². The summed E-state index contributed by atoms with van der Waals surface area (Å²) in [5.74, 6) is 1.28. The first kappa shape index (κ1) is 15.7. The van der Waals surface area contributed by atoms with Gasteiger partial charge < -0.3 is 19.9 Å². The lowest BCUT2D eigenvalue weighted by Gasteiger charge is -2.16. The van der Waals surface area contributed by atoms with E-state index in [1.807, 2.05) is 0 Å². The van der Waals surface area contributed by atoms with Crippen molar-refractivity contribution >= 4 is 0 Å². The van der Waals surface area contributed by atoms with Crippen molar-refractivity contribution in [3.05, 3.63) is 23.8 Å². The maximum absolute atomic E-state index is 11.9. The van der Waals surface area contributed by atoms with Gasteiger partial charge in [-0.1, -0.05) is 6.07 Å². The van der Waals surface area contributed by atoms with Crippen molar-refractivity contribution in [3.63, 3.8) is 0 Å². The van der Waals surface area contributed by atoms with Crippen molar-refractivity contribution in [1.29, 1.82) is 0 Å². The minimum atomic E-state index is -2.45. The van der Waals surface area contributed by atoms with Gasteiger partial charge in [0.15, 0.2) is 0 Å². The van der Waals surface area contributed by atoms with E-state index < -0.39 is 13.0 Å². The first-order valence-corrected chi connectivity index (χ1v) is 5.92. The molecule has 1 unspecified atom stereocenters. The number of alkyl halides is 2. The zero-order valence-corrected chi connectivity index (χ0v) is 11.1. The van der Waals surface area contributed by atoms with Gasteiger partial charge in [0, 0.05) is 24.3 Å². The number of nitrogens with two attached hydrogens (primary N) is 1. The first-order chi connectivity index (χ1) is 9.08. The molecule has 19 heavy (non-hydrogen) atoms. The van der Waals surface area contributed by atoms with Crippen LogP contribution >= 0.6 is 0 Å². The normalized spacial score (nSPS) is 12.5. The molecule has 0 bridgehead atoms. The Morgan fingerprint density at radius 2 is 1.95 bits per heavy atom. The molecule has 0 aliphatic rings. The molecule has 0 spiro atoms. The molecule has 0 aliphatic carbocycles. The van der Waals surface area contributed by atoms with Crippen LogP contribution in [0.2, 0.25) is 0 Å². The summed E-state index contributed by atoms with van der Waals surface area (Å²) in [5.41, 5.74) is 6.79. The Labute approximate surface area is 111 Å². The third kappa shape index (κ3) is 5.00. The Balaban J connectivity index is 2.58. The minimum absolute atomic E-state index is 0.181. The molecule has 0 amide bonds. The van der Waals surface area contributed by atoms with Crippen LogP contribution in [0.4, 0.5) is 8.78 Å². The van der Waals surface area contributed by atoms with E-state index in [-0.39, 0.29) is 12.6 Å². The first-order valence-electron chi connectivity index (χ1n) is 5.92. The van der Waals surface area contributed by atoms with Crippen LogP contribution in [0.15, 0.2) is 18.2 Å². The molecule has 0 fully saturated rings. The number of halogens is 2. The molecule has 0 heterocycles. The van der Waals surface area contributed by atoms with E-state index in [2.05, 4.69) is 0 Å². The molecule has 0 radical (unpaired) electrons. The van der Waals surface area contributed by atoms with Crippen molar-refractivity contribution in [2.24, 2.45) is 5.73 Å². The van der Waals surface area contributed by atoms with Gasteiger partial charge in [0.05, 0.1) is 14.2 Å². The molecule has 0 saturated heterocycles. The Morgan fingerprint density at radius 3 is 2.53 bits per heavy atom. The summed E-state index contributed by atoms with van der Waals surface area (Å²) in [7, 11) is 3.10. The second-order valence-electron chi connectivity index (χ2n) is 3.97. The minimum Gasteiger partial charge on any atom is -0.497 e. The van der Waals surface area contributed by atoms with Crippen molar-refractivity contribution in [2.75, 3.05) is 27.4 Å². The van der Waals surface area contributed by atoms with Crippen LogP contribution in [0.1, 0.15) is 18.0 Å². The maximum atomic E-state index is 11.9. The van der Waals surface area contributed by atoms with E-state index in [0.29, 0.717) is 17.9 Å². The summed E-state index contributed by atoms with van der Waals surface area (Å²) in [6, 6.07) is 4.97. The Morgan fingerprint density at radius 1 is 1.21 bits per heavy atom. The Hall–Kier alpha value is -1.40. The Kier molecular flexibility index (Phi) is 6.52. The number of hydrogen-bond donors (Lipinski definition) is 1. The van der Waals surface area contributed by atoms with Gasteiger partial charge in [-0.05, 0) is 12.5 Å². The standard InChI is InChI=1S/C13H19F2NO3/c1-17-9-3-4-10(12(7-9)18-2)11(16)5-6-19-8-13(14)15/h3-4,7,11,13H,5-6,8,16H2,1-2H3. The summed E-state index contributed by atoms with van der Waals surface area (Å²) >= 11 is 0. The van der Waals surface area contributed by atoms with Crippen LogP contribution in [0.3, 0.4) is 0 Å². The summed E-state index contributed by atoms with van der Waals surface area (Å²) in [6.07, 6.45) is -2.01. The van der Waals surface area contributed by atoms with Gasteiger partial charge in [-0.2, -0.15) is 0 Å². The topological polar surface area (TPSA) is 53.7 Å². The molecule has 0 aliphatic heterocycles. The van der Waals surface area contributed by atoms with Gasteiger partial charge >= 0.3 is 0 Å². The van der Waals surface area contributed by atoms with Gasteiger partial charge in [0.2, 0.25) is 0 Å². The summed E-state index contributed by atoms with van der Waals surface area (Å²) < 4.78 is 38.9. The van der Waals surface area contributed by atoms with E-state index in [0.717, 1.165) is 5.56 Å².